The SMILES string of the molecule is CC(N)(C#N)CN(Cc1ccccc1)C1CC1. The Labute approximate surface area is 103 Å². The molecule has 1 atom stereocenters. The van der Waals surface area contributed by atoms with Gasteiger partial charge in [-0.1, -0.05) is 30.3 Å². The summed E-state index contributed by atoms with van der Waals surface area (Å²) >= 11 is 0. The van der Waals surface area contributed by atoms with Gasteiger partial charge >= 0.3 is 0 Å². The highest BCUT2D eigenvalue weighted by atomic mass is 15.2. The Morgan fingerprint density at radius 1 is 1.41 bits per heavy atom. The molecule has 2 rings (SSSR count). The number of nitrogens with zero attached hydrogens (tertiary/aromatic N) is 2. The van der Waals surface area contributed by atoms with Crippen LogP contribution < -0.4 is 5.73 Å². The van der Waals surface area contributed by atoms with Gasteiger partial charge in [0.25, 0.3) is 0 Å². The molecular weight excluding hydrogens is 210 g/mol. The molecule has 1 unspecified atom stereocenters. The van der Waals surface area contributed by atoms with Gasteiger partial charge in [-0.15, -0.1) is 0 Å². The zero-order valence-electron chi connectivity index (χ0n) is 10.3. The summed E-state index contributed by atoms with van der Waals surface area (Å²) in [4.78, 5) is 2.33. The minimum absolute atomic E-state index is 0.617. The van der Waals surface area contributed by atoms with E-state index in [-0.39, 0.29) is 0 Å². The Kier molecular flexibility index (Phi) is 3.46. The Morgan fingerprint density at radius 2 is 2.06 bits per heavy atom. The molecule has 0 heterocycles. The minimum atomic E-state index is -0.753. The van der Waals surface area contributed by atoms with Crippen LogP contribution in [-0.2, 0) is 6.54 Å². The second-order valence-corrected chi connectivity index (χ2v) is 5.15. The lowest BCUT2D eigenvalue weighted by Gasteiger charge is -2.28. The van der Waals surface area contributed by atoms with E-state index in [0.717, 1.165) is 6.54 Å². The topological polar surface area (TPSA) is 53.1 Å². The molecule has 0 aliphatic heterocycles. The molecule has 0 aromatic heterocycles. The van der Waals surface area contributed by atoms with Crippen LogP contribution in [-0.4, -0.2) is 23.0 Å². The van der Waals surface area contributed by atoms with Crippen molar-refractivity contribution in [3.8, 4) is 6.07 Å². The standard InChI is InChI=1S/C14H19N3/c1-14(16,10-15)11-17(13-7-8-13)9-12-5-3-2-4-6-12/h2-6,13H,7-9,11,16H2,1H3. The molecule has 3 nitrogen and oxygen atoms in total. The van der Waals surface area contributed by atoms with E-state index < -0.39 is 5.54 Å². The van der Waals surface area contributed by atoms with Gasteiger partial charge in [0, 0.05) is 19.1 Å². The predicted octanol–water partition coefficient (Wildman–Crippen LogP) is 1.89. The van der Waals surface area contributed by atoms with Crippen molar-refractivity contribution in [2.45, 2.75) is 37.9 Å². The van der Waals surface area contributed by atoms with Crippen molar-refractivity contribution >= 4 is 0 Å². The Balaban J connectivity index is 2.01. The summed E-state index contributed by atoms with van der Waals surface area (Å²) in [5.41, 5.74) is 6.47. The Hall–Kier alpha value is -1.37. The summed E-state index contributed by atoms with van der Waals surface area (Å²) in [7, 11) is 0. The number of nitriles is 1. The molecule has 0 saturated heterocycles. The maximum atomic E-state index is 9.01. The highest BCUT2D eigenvalue weighted by Crippen LogP contribution is 2.29. The zero-order valence-corrected chi connectivity index (χ0v) is 10.3. The normalized spacial score (nSPS) is 18.7. The smallest absolute Gasteiger partial charge is 0.114 e. The van der Waals surface area contributed by atoms with Gasteiger partial charge in [0.05, 0.1) is 6.07 Å². The molecule has 1 fully saturated rings. The van der Waals surface area contributed by atoms with Gasteiger partial charge in [-0.05, 0) is 25.3 Å². The molecular formula is C14H19N3. The van der Waals surface area contributed by atoms with Gasteiger partial charge in [0.15, 0.2) is 0 Å². The molecule has 0 amide bonds. The molecule has 3 heteroatoms. The van der Waals surface area contributed by atoms with Crippen molar-refractivity contribution in [3.05, 3.63) is 35.9 Å². The second kappa shape index (κ2) is 4.87. The monoisotopic (exact) mass is 229 g/mol. The van der Waals surface area contributed by atoms with Crippen LogP contribution in [0.4, 0.5) is 0 Å². The summed E-state index contributed by atoms with van der Waals surface area (Å²) in [6.07, 6.45) is 2.46. The van der Waals surface area contributed by atoms with Crippen molar-refractivity contribution in [3.63, 3.8) is 0 Å². The molecule has 1 aromatic carbocycles. The van der Waals surface area contributed by atoms with Crippen LogP contribution in [0.2, 0.25) is 0 Å². The van der Waals surface area contributed by atoms with Crippen LogP contribution in [0.25, 0.3) is 0 Å². The van der Waals surface area contributed by atoms with Crippen LogP contribution >= 0.6 is 0 Å². The predicted molar refractivity (Wildman–Crippen MR) is 68.1 cm³/mol. The largest absolute Gasteiger partial charge is 0.313 e. The summed E-state index contributed by atoms with van der Waals surface area (Å²) in [6.45, 7) is 3.33. The number of hydrogen-bond acceptors (Lipinski definition) is 3. The van der Waals surface area contributed by atoms with E-state index in [1.54, 1.807) is 6.92 Å². The van der Waals surface area contributed by atoms with Gasteiger partial charge in [0.1, 0.15) is 5.54 Å². The summed E-state index contributed by atoms with van der Waals surface area (Å²) in [5.74, 6) is 0. The van der Waals surface area contributed by atoms with Gasteiger partial charge in [-0.25, -0.2) is 0 Å². The Morgan fingerprint density at radius 3 is 2.59 bits per heavy atom. The van der Waals surface area contributed by atoms with Gasteiger partial charge in [-0.3, -0.25) is 4.90 Å². The van der Waals surface area contributed by atoms with Gasteiger partial charge < -0.3 is 5.73 Å². The molecule has 0 radical (unpaired) electrons. The molecule has 1 aliphatic carbocycles. The lowest BCUT2D eigenvalue weighted by Crippen LogP contribution is -2.47. The van der Waals surface area contributed by atoms with Crippen molar-refractivity contribution < 1.29 is 0 Å². The van der Waals surface area contributed by atoms with Crippen molar-refractivity contribution in [1.29, 1.82) is 5.26 Å². The van der Waals surface area contributed by atoms with Gasteiger partial charge in [0.2, 0.25) is 0 Å². The van der Waals surface area contributed by atoms with E-state index in [1.807, 2.05) is 18.2 Å². The summed E-state index contributed by atoms with van der Waals surface area (Å²) in [5, 5.41) is 9.01. The Bertz CT molecular complexity index is 401. The molecule has 1 aliphatic rings. The number of nitrogens with two attached hydrogens (primary N) is 1. The number of rotatable bonds is 5. The lowest BCUT2D eigenvalue weighted by molar-refractivity contribution is 0.222. The molecule has 0 bridgehead atoms. The first kappa shape index (κ1) is 12.1. The minimum Gasteiger partial charge on any atom is -0.313 e. The highest BCUT2D eigenvalue weighted by molar-refractivity contribution is 5.15. The maximum absolute atomic E-state index is 9.01. The molecule has 0 spiro atoms. The molecule has 2 N–H and O–H groups in total. The zero-order chi connectivity index (χ0) is 12.3. The quantitative estimate of drug-likeness (QED) is 0.839. The number of benzene rings is 1. The van der Waals surface area contributed by atoms with Crippen molar-refractivity contribution in [2.24, 2.45) is 5.73 Å². The number of hydrogen-bond donors (Lipinski definition) is 1. The van der Waals surface area contributed by atoms with Crippen LogP contribution in [0, 0.1) is 11.3 Å². The third kappa shape index (κ3) is 3.55. The van der Waals surface area contributed by atoms with E-state index in [0.29, 0.717) is 12.6 Å². The fraction of sp³-hybridized carbons (Fsp3) is 0.500. The highest BCUT2D eigenvalue weighted by Gasteiger charge is 2.33. The van der Waals surface area contributed by atoms with E-state index in [1.165, 1.54) is 18.4 Å². The van der Waals surface area contributed by atoms with Crippen LogP contribution in [0.5, 0.6) is 0 Å². The maximum Gasteiger partial charge on any atom is 0.114 e. The lowest BCUT2D eigenvalue weighted by atomic mass is 10.1. The molecule has 1 aromatic rings. The fourth-order valence-electron chi connectivity index (χ4n) is 2.03. The fourth-order valence-corrected chi connectivity index (χ4v) is 2.03. The molecule has 90 valence electrons. The van der Waals surface area contributed by atoms with E-state index in [9.17, 15) is 0 Å². The van der Waals surface area contributed by atoms with Crippen molar-refractivity contribution in [1.82, 2.24) is 4.90 Å². The first-order valence-electron chi connectivity index (χ1n) is 6.09. The van der Waals surface area contributed by atoms with Crippen LogP contribution in [0.15, 0.2) is 30.3 Å². The molecule has 1 saturated carbocycles. The average molecular weight is 229 g/mol. The van der Waals surface area contributed by atoms with Crippen LogP contribution in [0.1, 0.15) is 25.3 Å². The van der Waals surface area contributed by atoms with Gasteiger partial charge in [-0.2, -0.15) is 5.26 Å². The summed E-state index contributed by atoms with van der Waals surface area (Å²) < 4.78 is 0. The first-order chi connectivity index (χ1) is 8.11. The average Bonchev–Trinajstić information content (AvgIpc) is 3.13. The van der Waals surface area contributed by atoms with E-state index >= 15 is 0 Å². The van der Waals surface area contributed by atoms with E-state index in [2.05, 4.69) is 23.1 Å². The second-order valence-electron chi connectivity index (χ2n) is 5.15. The van der Waals surface area contributed by atoms with Crippen molar-refractivity contribution in [2.75, 3.05) is 6.54 Å². The van der Waals surface area contributed by atoms with Crippen LogP contribution in [0.3, 0.4) is 0 Å². The third-order valence-electron chi connectivity index (χ3n) is 3.08. The molecule has 17 heavy (non-hydrogen) atoms. The third-order valence-corrected chi connectivity index (χ3v) is 3.08. The van der Waals surface area contributed by atoms with E-state index in [4.69, 9.17) is 11.0 Å². The summed E-state index contributed by atoms with van der Waals surface area (Å²) in [6, 6.07) is 13.2. The first-order valence-corrected chi connectivity index (χ1v) is 6.09.